The lowest BCUT2D eigenvalue weighted by Gasteiger charge is -2.42. The average molecular weight is 392 g/mol. The van der Waals surface area contributed by atoms with Crippen molar-refractivity contribution in [1.29, 1.82) is 0 Å². The van der Waals surface area contributed by atoms with Crippen LogP contribution in [0.2, 0.25) is 5.02 Å². The molecule has 1 aromatic heterocycles. The topological polar surface area (TPSA) is 82.4 Å². The van der Waals surface area contributed by atoms with E-state index in [-0.39, 0.29) is 6.03 Å². The lowest BCUT2D eigenvalue weighted by atomic mass is 9.74. The second kappa shape index (κ2) is 7.30. The summed E-state index contributed by atoms with van der Waals surface area (Å²) in [5.74, 6) is 0.663. The highest BCUT2D eigenvalue weighted by Crippen LogP contribution is 2.48. The normalized spacial score (nSPS) is 18.6. The van der Waals surface area contributed by atoms with Crippen molar-refractivity contribution in [3.8, 4) is 0 Å². The average Bonchev–Trinajstić information content (AvgIpc) is 3.02. The Morgan fingerprint density at radius 1 is 1.37 bits per heavy atom. The Bertz CT molecular complexity index is 859. The first-order valence-electron chi connectivity index (χ1n) is 9.57. The van der Waals surface area contributed by atoms with E-state index in [4.69, 9.17) is 16.0 Å². The van der Waals surface area contributed by atoms with E-state index in [9.17, 15) is 4.79 Å². The number of halogens is 1. The van der Waals surface area contributed by atoms with Gasteiger partial charge in [0.25, 0.3) is 0 Å². The maximum atomic E-state index is 12.3. The lowest BCUT2D eigenvalue weighted by molar-refractivity contribution is 0.208. The van der Waals surface area contributed by atoms with Gasteiger partial charge in [0, 0.05) is 18.7 Å². The van der Waals surface area contributed by atoms with Crippen LogP contribution in [0.5, 0.6) is 0 Å². The number of likely N-dealkylation sites (N-methyl/N-ethyl adjacent to an activating group) is 2. The number of amides is 2. The van der Waals surface area contributed by atoms with Gasteiger partial charge in [0.05, 0.1) is 22.8 Å². The molecular formula is C19H26ClN5O2. The first-order chi connectivity index (χ1) is 13.0. The number of oxazole rings is 1. The largest absolute Gasteiger partial charge is 0.439 e. The molecule has 0 bridgehead atoms. The molecule has 2 aliphatic rings. The molecule has 1 aromatic carbocycles. The molecule has 1 aliphatic carbocycles. The van der Waals surface area contributed by atoms with E-state index in [1.54, 1.807) is 6.07 Å². The Morgan fingerprint density at radius 2 is 2.15 bits per heavy atom. The van der Waals surface area contributed by atoms with Gasteiger partial charge in [-0.3, -0.25) is 4.90 Å². The van der Waals surface area contributed by atoms with Crippen molar-refractivity contribution < 1.29 is 9.21 Å². The van der Waals surface area contributed by atoms with E-state index in [1.807, 2.05) is 14.1 Å². The van der Waals surface area contributed by atoms with E-state index in [0.29, 0.717) is 23.1 Å². The highest BCUT2D eigenvalue weighted by Gasteiger charge is 2.44. The number of anilines is 1. The summed E-state index contributed by atoms with van der Waals surface area (Å²) in [5.41, 5.74) is 2.69. The van der Waals surface area contributed by atoms with Gasteiger partial charge in [0.1, 0.15) is 5.52 Å². The zero-order valence-electron chi connectivity index (χ0n) is 15.8. The highest BCUT2D eigenvalue weighted by molar-refractivity contribution is 6.35. The van der Waals surface area contributed by atoms with Crippen LogP contribution in [0.15, 0.2) is 10.5 Å². The Hall–Kier alpha value is -1.83. The number of hydrogen-bond acceptors (Lipinski definition) is 5. The molecule has 1 spiro atoms. The molecule has 1 fully saturated rings. The van der Waals surface area contributed by atoms with Crippen LogP contribution in [-0.4, -0.2) is 43.1 Å². The number of carbonyl (C=O) groups excluding carboxylic acids is 1. The van der Waals surface area contributed by atoms with Crippen molar-refractivity contribution in [2.45, 2.75) is 44.2 Å². The van der Waals surface area contributed by atoms with Gasteiger partial charge in [-0.05, 0) is 33.0 Å². The molecule has 0 radical (unpaired) electrons. The van der Waals surface area contributed by atoms with Gasteiger partial charge in [-0.25, -0.2) is 9.78 Å². The molecule has 0 saturated heterocycles. The van der Waals surface area contributed by atoms with Crippen molar-refractivity contribution in [3.05, 3.63) is 22.5 Å². The number of aromatic nitrogens is 1. The molecule has 0 unspecified atom stereocenters. The van der Waals surface area contributed by atoms with Gasteiger partial charge < -0.3 is 20.4 Å². The number of fused-ring (bicyclic) bond motifs is 4. The third kappa shape index (κ3) is 3.39. The van der Waals surface area contributed by atoms with E-state index in [0.717, 1.165) is 55.4 Å². The molecule has 2 amide bonds. The second-order valence-electron chi connectivity index (χ2n) is 7.63. The molecule has 27 heavy (non-hydrogen) atoms. The number of carbonyl (C=O) groups is 1. The summed E-state index contributed by atoms with van der Waals surface area (Å²) in [4.78, 5) is 19.1. The first-order valence-corrected chi connectivity index (χ1v) is 9.95. The Balaban J connectivity index is 1.78. The minimum absolute atomic E-state index is 0.197. The molecule has 7 nitrogen and oxygen atoms in total. The summed E-state index contributed by atoms with van der Waals surface area (Å²) in [6.45, 7) is 2.42. The number of rotatable bonds is 5. The highest BCUT2D eigenvalue weighted by atomic mass is 35.5. The Kier molecular flexibility index (Phi) is 5.01. The minimum Gasteiger partial charge on any atom is -0.439 e. The zero-order chi connectivity index (χ0) is 19.0. The van der Waals surface area contributed by atoms with E-state index in [2.05, 4.69) is 25.8 Å². The first kappa shape index (κ1) is 18.5. The number of hydrogen-bond donors (Lipinski definition) is 3. The van der Waals surface area contributed by atoms with Crippen LogP contribution < -0.4 is 16.0 Å². The molecule has 2 aromatic rings. The molecule has 3 N–H and O–H groups in total. The molecular weight excluding hydrogens is 366 g/mol. The van der Waals surface area contributed by atoms with Crippen LogP contribution in [0.1, 0.15) is 43.6 Å². The van der Waals surface area contributed by atoms with Crippen LogP contribution >= 0.6 is 11.6 Å². The summed E-state index contributed by atoms with van der Waals surface area (Å²) < 4.78 is 6.21. The SMILES string of the molecule is CNCCN(C)Cc1nc2cc(Cl)c3c(c2o1)C1(CCCCC1)NC(=O)N3. The number of urea groups is 1. The molecule has 146 valence electrons. The monoisotopic (exact) mass is 391 g/mol. The summed E-state index contributed by atoms with van der Waals surface area (Å²) in [5, 5.41) is 9.71. The summed E-state index contributed by atoms with van der Waals surface area (Å²) in [7, 11) is 3.98. The van der Waals surface area contributed by atoms with Crippen molar-refractivity contribution >= 4 is 34.4 Å². The molecule has 4 rings (SSSR count). The van der Waals surface area contributed by atoms with Crippen molar-refractivity contribution in [2.75, 3.05) is 32.5 Å². The second-order valence-corrected chi connectivity index (χ2v) is 8.03. The molecule has 8 heteroatoms. The lowest BCUT2D eigenvalue weighted by Crippen LogP contribution is -2.52. The van der Waals surface area contributed by atoms with Crippen molar-refractivity contribution in [2.24, 2.45) is 0 Å². The maximum absolute atomic E-state index is 12.3. The molecule has 1 saturated carbocycles. The van der Waals surface area contributed by atoms with Crippen molar-refractivity contribution in [1.82, 2.24) is 20.5 Å². The predicted molar refractivity (Wildman–Crippen MR) is 106 cm³/mol. The Morgan fingerprint density at radius 3 is 2.89 bits per heavy atom. The van der Waals surface area contributed by atoms with Crippen LogP contribution in [0.25, 0.3) is 11.1 Å². The van der Waals surface area contributed by atoms with Crippen molar-refractivity contribution in [3.63, 3.8) is 0 Å². The summed E-state index contributed by atoms with van der Waals surface area (Å²) >= 11 is 6.53. The van der Waals surface area contributed by atoms with Gasteiger partial charge in [-0.1, -0.05) is 30.9 Å². The predicted octanol–water partition coefficient (Wildman–Crippen LogP) is 3.43. The third-order valence-corrected chi connectivity index (χ3v) is 5.90. The fraction of sp³-hybridized carbons (Fsp3) is 0.579. The van der Waals surface area contributed by atoms with Gasteiger partial charge in [0.15, 0.2) is 5.58 Å². The summed E-state index contributed by atoms with van der Waals surface area (Å²) in [6, 6.07) is 1.59. The molecule has 1 aliphatic heterocycles. The van der Waals surface area contributed by atoms with E-state index >= 15 is 0 Å². The van der Waals surface area contributed by atoms with Gasteiger partial charge >= 0.3 is 6.03 Å². The maximum Gasteiger partial charge on any atom is 0.319 e. The van der Waals surface area contributed by atoms with Crippen LogP contribution in [0, 0.1) is 0 Å². The fourth-order valence-corrected chi connectivity index (χ4v) is 4.54. The third-order valence-electron chi connectivity index (χ3n) is 5.60. The smallest absolute Gasteiger partial charge is 0.319 e. The Labute approximate surface area is 163 Å². The summed E-state index contributed by atoms with van der Waals surface area (Å²) in [6.07, 6.45) is 5.10. The fourth-order valence-electron chi connectivity index (χ4n) is 4.29. The van der Waals surface area contributed by atoms with Gasteiger partial charge in [-0.15, -0.1) is 0 Å². The van der Waals surface area contributed by atoms with Crippen LogP contribution in [-0.2, 0) is 12.1 Å². The molecule has 0 atom stereocenters. The van der Waals surface area contributed by atoms with E-state index in [1.165, 1.54) is 6.42 Å². The van der Waals surface area contributed by atoms with Crippen LogP contribution in [0.3, 0.4) is 0 Å². The number of nitrogens with one attached hydrogen (secondary N) is 3. The zero-order valence-corrected chi connectivity index (χ0v) is 16.6. The van der Waals surface area contributed by atoms with Gasteiger partial charge in [-0.2, -0.15) is 0 Å². The van der Waals surface area contributed by atoms with Gasteiger partial charge in [0.2, 0.25) is 5.89 Å². The number of nitrogens with zero attached hydrogens (tertiary/aromatic N) is 2. The van der Waals surface area contributed by atoms with E-state index < -0.39 is 5.54 Å². The number of benzene rings is 1. The standard InChI is InChI=1S/C19H26ClN5O2/c1-21-8-9-25(2)11-14-22-13-10-12(20)16-15(17(13)27-14)19(24-18(26)23-16)6-4-3-5-7-19/h10,21H,3-9,11H2,1-2H3,(H2,23,24,26). The minimum atomic E-state index is -0.423. The quantitative estimate of drug-likeness (QED) is 0.727. The molecule has 2 heterocycles. The van der Waals surface area contributed by atoms with Crippen LogP contribution in [0.4, 0.5) is 10.5 Å².